The lowest BCUT2D eigenvalue weighted by molar-refractivity contribution is -0.131. The SMILES string of the molecule is COCCCNC(=O)/C=C\C(=O)O. The molecule has 0 aliphatic rings. The first-order valence-corrected chi connectivity index (χ1v) is 3.84. The van der Waals surface area contributed by atoms with Crippen molar-refractivity contribution in [1.29, 1.82) is 0 Å². The molecule has 13 heavy (non-hydrogen) atoms. The van der Waals surface area contributed by atoms with E-state index in [1.165, 1.54) is 0 Å². The van der Waals surface area contributed by atoms with Gasteiger partial charge in [0.2, 0.25) is 5.91 Å². The third-order valence-corrected chi connectivity index (χ3v) is 1.20. The van der Waals surface area contributed by atoms with Crippen molar-refractivity contribution in [2.24, 2.45) is 0 Å². The van der Waals surface area contributed by atoms with Gasteiger partial charge in [0.05, 0.1) is 0 Å². The van der Waals surface area contributed by atoms with Crippen LogP contribution in [0.5, 0.6) is 0 Å². The molecule has 0 bridgehead atoms. The van der Waals surface area contributed by atoms with Gasteiger partial charge < -0.3 is 15.2 Å². The number of carbonyl (C=O) groups excluding carboxylic acids is 1. The van der Waals surface area contributed by atoms with Gasteiger partial charge in [-0.2, -0.15) is 0 Å². The third kappa shape index (κ3) is 8.55. The van der Waals surface area contributed by atoms with Gasteiger partial charge in [0.15, 0.2) is 0 Å². The number of nitrogens with one attached hydrogen (secondary N) is 1. The summed E-state index contributed by atoms with van der Waals surface area (Å²) in [6.07, 6.45) is 2.49. The third-order valence-electron chi connectivity index (χ3n) is 1.20. The number of amides is 1. The van der Waals surface area contributed by atoms with Crippen LogP contribution in [0.3, 0.4) is 0 Å². The Balaban J connectivity index is 3.46. The number of hydrogen-bond acceptors (Lipinski definition) is 3. The smallest absolute Gasteiger partial charge is 0.328 e. The van der Waals surface area contributed by atoms with E-state index in [0.717, 1.165) is 12.2 Å². The van der Waals surface area contributed by atoms with Gasteiger partial charge in [-0.3, -0.25) is 4.79 Å². The molecule has 0 aliphatic heterocycles. The van der Waals surface area contributed by atoms with Gasteiger partial charge in [0.25, 0.3) is 0 Å². The number of hydrogen-bond donors (Lipinski definition) is 2. The number of rotatable bonds is 6. The van der Waals surface area contributed by atoms with Crippen LogP contribution >= 0.6 is 0 Å². The van der Waals surface area contributed by atoms with E-state index in [-0.39, 0.29) is 0 Å². The van der Waals surface area contributed by atoms with Gasteiger partial charge in [0, 0.05) is 32.4 Å². The number of aliphatic carboxylic acids is 1. The Morgan fingerprint density at radius 3 is 2.69 bits per heavy atom. The lowest BCUT2D eigenvalue weighted by atomic mass is 10.4. The maximum Gasteiger partial charge on any atom is 0.328 e. The monoisotopic (exact) mass is 187 g/mol. The molecule has 0 aromatic heterocycles. The second-order valence-corrected chi connectivity index (χ2v) is 2.31. The zero-order valence-corrected chi connectivity index (χ0v) is 7.45. The van der Waals surface area contributed by atoms with E-state index in [2.05, 4.69) is 5.32 Å². The molecule has 74 valence electrons. The molecule has 2 N–H and O–H groups in total. The molecular weight excluding hydrogens is 174 g/mol. The fourth-order valence-electron chi connectivity index (χ4n) is 0.634. The van der Waals surface area contributed by atoms with Gasteiger partial charge in [-0.1, -0.05) is 0 Å². The quantitative estimate of drug-likeness (QED) is 0.445. The van der Waals surface area contributed by atoms with Gasteiger partial charge >= 0.3 is 5.97 Å². The number of methoxy groups -OCH3 is 1. The van der Waals surface area contributed by atoms with E-state index < -0.39 is 11.9 Å². The van der Waals surface area contributed by atoms with E-state index in [9.17, 15) is 9.59 Å². The molecule has 0 unspecified atom stereocenters. The summed E-state index contributed by atoms with van der Waals surface area (Å²) >= 11 is 0. The van der Waals surface area contributed by atoms with Gasteiger partial charge in [-0.25, -0.2) is 4.79 Å². The summed E-state index contributed by atoms with van der Waals surface area (Å²) in [4.78, 5) is 20.8. The van der Waals surface area contributed by atoms with Gasteiger partial charge in [-0.15, -0.1) is 0 Å². The molecule has 0 spiro atoms. The topological polar surface area (TPSA) is 75.6 Å². The Hall–Kier alpha value is -1.36. The molecule has 0 heterocycles. The molecular formula is C8H13NO4. The number of carboxylic acid groups (broad SMARTS) is 1. The first-order valence-electron chi connectivity index (χ1n) is 3.84. The fraction of sp³-hybridized carbons (Fsp3) is 0.500. The molecule has 5 heteroatoms. The zero-order valence-electron chi connectivity index (χ0n) is 7.45. The number of ether oxygens (including phenoxy) is 1. The van der Waals surface area contributed by atoms with Crippen molar-refractivity contribution in [2.45, 2.75) is 6.42 Å². The Bertz CT molecular complexity index is 200. The largest absolute Gasteiger partial charge is 0.478 e. The zero-order chi connectivity index (χ0) is 10.1. The maximum atomic E-state index is 10.8. The van der Waals surface area contributed by atoms with Crippen molar-refractivity contribution in [2.75, 3.05) is 20.3 Å². The van der Waals surface area contributed by atoms with Crippen molar-refractivity contribution < 1.29 is 19.4 Å². The summed E-state index contributed by atoms with van der Waals surface area (Å²) in [6.45, 7) is 1.06. The van der Waals surface area contributed by atoms with Gasteiger partial charge in [0.1, 0.15) is 0 Å². The number of carbonyl (C=O) groups is 2. The van der Waals surface area contributed by atoms with Crippen LogP contribution in [-0.2, 0) is 14.3 Å². The highest BCUT2D eigenvalue weighted by Crippen LogP contribution is 1.79. The summed E-state index contributed by atoms with van der Waals surface area (Å²) in [5.74, 6) is -1.54. The predicted molar refractivity (Wildman–Crippen MR) is 46.3 cm³/mol. The molecule has 5 nitrogen and oxygen atoms in total. The van der Waals surface area contributed by atoms with Crippen LogP contribution in [0.25, 0.3) is 0 Å². The summed E-state index contributed by atoms with van der Waals surface area (Å²) in [5.41, 5.74) is 0. The van der Waals surface area contributed by atoms with Crippen LogP contribution in [0.15, 0.2) is 12.2 Å². The van der Waals surface area contributed by atoms with Crippen LogP contribution in [-0.4, -0.2) is 37.2 Å². The second kappa shape index (κ2) is 7.30. The summed E-state index contributed by atoms with van der Waals surface area (Å²) in [7, 11) is 1.58. The summed E-state index contributed by atoms with van der Waals surface area (Å²) < 4.78 is 4.76. The van der Waals surface area contributed by atoms with Crippen LogP contribution in [0, 0.1) is 0 Å². The average molecular weight is 187 g/mol. The van der Waals surface area contributed by atoms with Crippen molar-refractivity contribution in [1.82, 2.24) is 5.32 Å². The van der Waals surface area contributed by atoms with Gasteiger partial charge in [-0.05, 0) is 6.42 Å². The lowest BCUT2D eigenvalue weighted by Gasteiger charge is -2.00. The minimum absolute atomic E-state index is 0.404. The highest BCUT2D eigenvalue weighted by molar-refractivity contribution is 5.93. The highest BCUT2D eigenvalue weighted by atomic mass is 16.5. The van der Waals surface area contributed by atoms with E-state index in [1.54, 1.807) is 7.11 Å². The number of carboxylic acids is 1. The Labute approximate surface area is 76.4 Å². The highest BCUT2D eigenvalue weighted by Gasteiger charge is 1.95. The molecule has 0 aliphatic carbocycles. The van der Waals surface area contributed by atoms with E-state index in [1.807, 2.05) is 0 Å². The fourth-order valence-corrected chi connectivity index (χ4v) is 0.634. The predicted octanol–water partition coefficient (Wildman–Crippen LogP) is -0.220. The minimum atomic E-state index is -1.13. The maximum absolute atomic E-state index is 10.8. The molecule has 0 saturated carbocycles. The summed E-state index contributed by atoms with van der Waals surface area (Å²) in [6, 6.07) is 0. The molecule has 0 atom stereocenters. The molecule has 0 saturated heterocycles. The molecule has 0 radical (unpaired) electrons. The lowest BCUT2D eigenvalue weighted by Crippen LogP contribution is -2.23. The standard InChI is InChI=1S/C8H13NO4/c1-13-6-2-5-9-7(10)3-4-8(11)12/h3-4H,2,5-6H2,1H3,(H,9,10)(H,11,12)/b4-3-. The summed E-state index contributed by atoms with van der Waals surface area (Å²) in [5, 5.41) is 10.7. The Morgan fingerprint density at radius 1 is 1.46 bits per heavy atom. The Kier molecular flexibility index (Phi) is 6.53. The second-order valence-electron chi connectivity index (χ2n) is 2.31. The molecule has 0 aromatic carbocycles. The molecule has 1 amide bonds. The van der Waals surface area contributed by atoms with Crippen molar-refractivity contribution in [3.8, 4) is 0 Å². The average Bonchev–Trinajstić information content (AvgIpc) is 2.09. The first-order chi connectivity index (χ1) is 6.16. The van der Waals surface area contributed by atoms with E-state index in [4.69, 9.17) is 9.84 Å². The van der Waals surface area contributed by atoms with Crippen molar-refractivity contribution >= 4 is 11.9 Å². The molecule has 0 aromatic rings. The van der Waals surface area contributed by atoms with Crippen LogP contribution < -0.4 is 5.32 Å². The first kappa shape index (κ1) is 11.6. The van der Waals surface area contributed by atoms with Crippen molar-refractivity contribution in [3.63, 3.8) is 0 Å². The molecule has 0 rings (SSSR count). The van der Waals surface area contributed by atoms with Crippen LogP contribution in [0.1, 0.15) is 6.42 Å². The Morgan fingerprint density at radius 2 is 2.15 bits per heavy atom. The van der Waals surface area contributed by atoms with Crippen LogP contribution in [0.4, 0.5) is 0 Å². The molecule has 0 fully saturated rings. The van der Waals surface area contributed by atoms with E-state index in [0.29, 0.717) is 19.6 Å². The van der Waals surface area contributed by atoms with Crippen LogP contribution in [0.2, 0.25) is 0 Å². The van der Waals surface area contributed by atoms with Crippen molar-refractivity contribution in [3.05, 3.63) is 12.2 Å². The minimum Gasteiger partial charge on any atom is -0.478 e. The van der Waals surface area contributed by atoms with E-state index >= 15 is 0 Å². The normalized spacial score (nSPS) is 10.2.